The molecular formula is C13H19NOS. The molecular weight excluding hydrogens is 218 g/mol. The van der Waals surface area contributed by atoms with Crippen molar-refractivity contribution in [3.05, 3.63) is 29.8 Å². The van der Waals surface area contributed by atoms with Crippen LogP contribution >= 0.6 is 11.8 Å². The lowest BCUT2D eigenvalue weighted by Gasteiger charge is -2.22. The fraction of sp³-hybridized carbons (Fsp3) is 0.538. The molecule has 0 spiro atoms. The van der Waals surface area contributed by atoms with Crippen LogP contribution in [0.25, 0.3) is 0 Å². The van der Waals surface area contributed by atoms with Crippen LogP contribution in [0.15, 0.2) is 29.2 Å². The molecule has 0 radical (unpaired) electrons. The Kier molecular flexibility index (Phi) is 4.69. The maximum atomic E-state index is 5.70. The number of hydrogen-bond donors (Lipinski definition) is 1. The number of thioether (sulfide) groups is 1. The van der Waals surface area contributed by atoms with Crippen LogP contribution in [0.2, 0.25) is 0 Å². The van der Waals surface area contributed by atoms with Crippen molar-refractivity contribution in [2.45, 2.75) is 36.8 Å². The fourth-order valence-electron chi connectivity index (χ4n) is 1.85. The van der Waals surface area contributed by atoms with E-state index in [-0.39, 0.29) is 0 Å². The molecule has 2 rings (SSSR count). The van der Waals surface area contributed by atoms with E-state index in [9.17, 15) is 0 Å². The van der Waals surface area contributed by atoms with Gasteiger partial charge in [0.25, 0.3) is 0 Å². The van der Waals surface area contributed by atoms with Gasteiger partial charge < -0.3 is 10.5 Å². The first-order chi connectivity index (χ1) is 7.88. The Labute approximate surface area is 102 Å². The fourth-order valence-corrected chi connectivity index (χ4v) is 2.82. The molecule has 0 bridgehead atoms. The second-order valence-corrected chi connectivity index (χ2v) is 5.24. The second kappa shape index (κ2) is 6.28. The van der Waals surface area contributed by atoms with Crippen LogP contribution < -0.4 is 5.73 Å². The number of rotatable bonds is 4. The summed E-state index contributed by atoms with van der Waals surface area (Å²) in [5.74, 6) is 1.07. The topological polar surface area (TPSA) is 35.2 Å². The zero-order valence-corrected chi connectivity index (χ0v) is 10.3. The first-order valence-corrected chi connectivity index (χ1v) is 6.90. The average Bonchev–Trinajstić information content (AvgIpc) is 2.38. The van der Waals surface area contributed by atoms with E-state index >= 15 is 0 Å². The van der Waals surface area contributed by atoms with Gasteiger partial charge in [-0.1, -0.05) is 12.1 Å². The number of nitrogens with two attached hydrogens (primary N) is 1. The normalized spacial score (nSPS) is 20.9. The highest BCUT2D eigenvalue weighted by Gasteiger charge is 2.13. The molecule has 1 fully saturated rings. The minimum Gasteiger partial charge on any atom is -0.377 e. The molecule has 1 aromatic carbocycles. The zero-order valence-electron chi connectivity index (χ0n) is 9.52. The van der Waals surface area contributed by atoms with Crippen molar-refractivity contribution in [2.75, 3.05) is 12.4 Å². The first kappa shape index (κ1) is 12.0. The minimum absolute atomic E-state index is 0.452. The van der Waals surface area contributed by atoms with Crippen molar-refractivity contribution in [1.29, 1.82) is 0 Å². The molecule has 1 aromatic rings. The van der Waals surface area contributed by atoms with Crippen LogP contribution in [-0.2, 0) is 11.3 Å². The van der Waals surface area contributed by atoms with Gasteiger partial charge in [0.05, 0.1) is 6.10 Å². The molecule has 0 aliphatic carbocycles. The predicted molar refractivity (Wildman–Crippen MR) is 68.6 cm³/mol. The van der Waals surface area contributed by atoms with E-state index in [1.807, 2.05) is 11.8 Å². The van der Waals surface area contributed by atoms with Gasteiger partial charge in [-0.15, -0.1) is 11.8 Å². The van der Waals surface area contributed by atoms with Gasteiger partial charge in [0.1, 0.15) is 0 Å². The predicted octanol–water partition coefficient (Wildman–Crippen LogP) is 2.81. The Morgan fingerprint density at radius 2 is 2.06 bits per heavy atom. The van der Waals surface area contributed by atoms with Gasteiger partial charge in [-0.25, -0.2) is 0 Å². The van der Waals surface area contributed by atoms with Gasteiger partial charge in [0.2, 0.25) is 0 Å². The van der Waals surface area contributed by atoms with Crippen molar-refractivity contribution in [1.82, 2.24) is 0 Å². The quantitative estimate of drug-likeness (QED) is 0.818. The molecule has 88 valence electrons. The third-order valence-corrected chi connectivity index (χ3v) is 4.01. The summed E-state index contributed by atoms with van der Waals surface area (Å²) in [6.07, 6.45) is 4.21. The maximum absolute atomic E-state index is 5.70. The summed E-state index contributed by atoms with van der Waals surface area (Å²) in [4.78, 5) is 1.31. The lowest BCUT2D eigenvalue weighted by molar-refractivity contribution is 0.0315. The molecule has 1 saturated heterocycles. The van der Waals surface area contributed by atoms with Crippen molar-refractivity contribution in [2.24, 2.45) is 5.73 Å². The van der Waals surface area contributed by atoms with Crippen molar-refractivity contribution < 1.29 is 4.74 Å². The molecule has 1 unspecified atom stereocenters. The SMILES string of the molecule is NCc1ccc(SCC2CCCCO2)cc1. The molecule has 2 N–H and O–H groups in total. The lowest BCUT2D eigenvalue weighted by atomic mass is 10.1. The van der Waals surface area contributed by atoms with E-state index in [1.165, 1.54) is 29.7 Å². The van der Waals surface area contributed by atoms with Gasteiger partial charge in [0.15, 0.2) is 0 Å². The van der Waals surface area contributed by atoms with E-state index in [0.717, 1.165) is 12.4 Å². The Balaban J connectivity index is 1.79. The third kappa shape index (κ3) is 3.51. The van der Waals surface area contributed by atoms with Crippen molar-refractivity contribution in [3.63, 3.8) is 0 Å². The standard InChI is InChI=1S/C13H19NOS/c14-9-11-4-6-13(7-5-11)16-10-12-3-1-2-8-15-12/h4-7,12H,1-3,8-10,14H2. The maximum Gasteiger partial charge on any atom is 0.0669 e. The lowest BCUT2D eigenvalue weighted by Crippen LogP contribution is -2.21. The van der Waals surface area contributed by atoms with Gasteiger partial charge in [-0.3, -0.25) is 0 Å². The summed E-state index contributed by atoms with van der Waals surface area (Å²) >= 11 is 1.88. The van der Waals surface area contributed by atoms with E-state index in [2.05, 4.69) is 24.3 Å². The molecule has 1 heterocycles. The van der Waals surface area contributed by atoms with Crippen molar-refractivity contribution in [3.8, 4) is 0 Å². The average molecular weight is 237 g/mol. The van der Waals surface area contributed by atoms with E-state index < -0.39 is 0 Å². The number of ether oxygens (including phenoxy) is 1. The highest BCUT2D eigenvalue weighted by atomic mass is 32.2. The van der Waals surface area contributed by atoms with Gasteiger partial charge >= 0.3 is 0 Å². The number of benzene rings is 1. The molecule has 3 heteroatoms. The molecule has 0 amide bonds. The molecule has 0 saturated carbocycles. The van der Waals surface area contributed by atoms with Crippen LogP contribution in [0.4, 0.5) is 0 Å². The van der Waals surface area contributed by atoms with Gasteiger partial charge in [-0.05, 0) is 37.0 Å². The summed E-state index contributed by atoms with van der Waals surface area (Å²) in [7, 11) is 0. The summed E-state index contributed by atoms with van der Waals surface area (Å²) in [6, 6.07) is 8.50. The summed E-state index contributed by atoms with van der Waals surface area (Å²) in [6.45, 7) is 1.56. The van der Waals surface area contributed by atoms with Crippen LogP contribution in [0.3, 0.4) is 0 Å². The van der Waals surface area contributed by atoms with Crippen LogP contribution in [0.1, 0.15) is 24.8 Å². The number of hydrogen-bond acceptors (Lipinski definition) is 3. The minimum atomic E-state index is 0.452. The smallest absolute Gasteiger partial charge is 0.0669 e. The summed E-state index contributed by atoms with van der Waals surface area (Å²) < 4.78 is 5.70. The molecule has 1 aliphatic heterocycles. The molecule has 1 atom stereocenters. The van der Waals surface area contributed by atoms with E-state index in [0.29, 0.717) is 12.6 Å². The molecule has 16 heavy (non-hydrogen) atoms. The summed E-state index contributed by atoms with van der Waals surface area (Å²) in [5.41, 5.74) is 6.76. The van der Waals surface area contributed by atoms with Crippen molar-refractivity contribution >= 4 is 11.8 Å². The monoisotopic (exact) mass is 237 g/mol. The van der Waals surface area contributed by atoms with Gasteiger partial charge in [-0.2, -0.15) is 0 Å². The Hall–Kier alpha value is -0.510. The summed E-state index contributed by atoms with van der Waals surface area (Å²) in [5, 5.41) is 0. The first-order valence-electron chi connectivity index (χ1n) is 5.92. The zero-order chi connectivity index (χ0) is 11.2. The Morgan fingerprint density at radius 3 is 2.69 bits per heavy atom. The highest BCUT2D eigenvalue weighted by Crippen LogP contribution is 2.23. The third-order valence-electron chi connectivity index (χ3n) is 2.87. The van der Waals surface area contributed by atoms with Crippen LogP contribution in [0, 0.1) is 0 Å². The van der Waals surface area contributed by atoms with Crippen LogP contribution in [-0.4, -0.2) is 18.5 Å². The molecule has 0 aromatic heterocycles. The Morgan fingerprint density at radius 1 is 1.25 bits per heavy atom. The van der Waals surface area contributed by atoms with Gasteiger partial charge in [0, 0.05) is 23.8 Å². The Bertz CT molecular complexity index is 306. The highest BCUT2D eigenvalue weighted by molar-refractivity contribution is 7.99. The van der Waals surface area contributed by atoms with E-state index in [4.69, 9.17) is 10.5 Å². The molecule has 1 aliphatic rings. The molecule has 2 nitrogen and oxygen atoms in total. The second-order valence-electron chi connectivity index (χ2n) is 4.15. The van der Waals surface area contributed by atoms with E-state index in [1.54, 1.807) is 0 Å². The largest absolute Gasteiger partial charge is 0.377 e. The van der Waals surface area contributed by atoms with Crippen LogP contribution in [0.5, 0.6) is 0 Å².